The van der Waals surface area contributed by atoms with Crippen LogP contribution in [-0.2, 0) is 0 Å². The number of ether oxygens (including phenoxy) is 1. The minimum absolute atomic E-state index is 0.148. The Morgan fingerprint density at radius 2 is 1.87 bits per heavy atom. The summed E-state index contributed by atoms with van der Waals surface area (Å²) in [6.07, 6.45) is 4.39. The van der Waals surface area contributed by atoms with E-state index in [4.69, 9.17) is 4.74 Å². The third kappa shape index (κ3) is 2.70. The second-order valence-electron chi connectivity index (χ2n) is 4.71. The molecule has 0 unspecified atom stereocenters. The van der Waals surface area contributed by atoms with Crippen LogP contribution in [0.5, 0.6) is 5.75 Å². The average molecular weight is 327 g/mol. The molecular weight excluding hydrogens is 314 g/mol. The molecule has 23 heavy (non-hydrogen) atoms. The van der Waals surface area contributed by atoms with Gasteiger partial charge in [-0.1, -0.05) is 0 Å². The number of nitrogens with one attached hydrogen (secondary N) is 1. The van der Waals surface area contributed by atoms with Gasteiger partial charge in [0.25, 0.3) is 0 Å². The predicted molar refractivity (Wildman–Crippen MR) is 87.9 cm³/mol. The van der Waals surface area contributed by atoms with Crippen LogP contribution in [-0.4, -0.2) is 34.9 Å². The van der Waals surface area contributed by atoms with Crippen molar-refractivity contribution in [3.63, 3.8) is 0 Å². The van der Waals surface area contributed by atoms with Crippen molar-refractivity contribution in [1.82, 2.24) is 9.97 Å². The normalized spacial score (nSPS) is 13.8. The van der Waals surface area contributed by atoms with E-state index in [1.165, 1.54) is 24.3 Å². The van der Waals surface area contributed by atoms with E-state index in [9.17, 15) is 9.59 Å². The van der Waals surface area contributed by atoms with Crippen molar-refractivity contribution in [2.45, 2.75) is 0 Å². The molecule has 2 aromatic rings. The zero-order valence-corrected chi connectivity index (χ0v) is 13.3. The number of thioether (sulfide) groups is 1. The number of rotatable bonds is 4. The number of hydrogen-bond donors (Lipinski definition) is 1. The SMILES string of the molecule is COc1ccc(NC2=C(SC)C(=O)c3ncncc3C2=O)cc1. The van der Waals surface area contributed by atoms with Crippen molar-refractivity contribution >= 4 is 29.0 Å². The van der Waals surface area contributed by atoms with Gasteiger partial charge in [-0.3, -0.25) is 9.59 Å². The minimum Gasteiger partial charge on any atom is -0.497 e. The number of aromatic nitrogens is 2. The van der Waals surface area contributed by atoms with Crippen molar-refractivity contribution in [3.05, 3.63) is 58.6 Å². The molecule has 1 aromatic carbocycles. The second-order valence-corrected chi connectivity index (χ2v) is 5.52. The van der Waals surface area contributed by atoms with Gasteiger partial charge in [-0.25, -0.2) is 9.97 Å². The summed E-state index contributed by atoms with van der Waals surface area (Å²) in [5, 5.41) is 3.03. The summed E-state index contributed by atoms with van der Waals surface area (Å²) in [7, 11) is 1.58. The Hall–Kier alpha value is -2.67. The molecule has 0 spiro atoms. The summed E-state index contributed by atoms with van der Waals surface area (Å²) in [6, 6.07) is 7.10. The van der Waals surface area contributed by atoms with Crippen molar-refractivity contribution in [2.24, 2.45) is 0 Å². The van der Waals surface area contributed by atoms with Crippen molar-refractivity contribution in [2.75, 3.05) is 18.7 Å². The number of allylic oxidation sites excluding steroid dienone is 2. The lowest BCUT2D eigenvalue weighted by Gasteiger charge is -2.19. The fourth-order valence-electron chi connectivity index (χ4n) is 2.26. The summed E-state index contributed by atoms with van der Waals surface area (Å²) in [6.45, 7) is 0. The third-order valence-electron chi connectivity index (χ3n) is 3.40. The van der Waals surface area contributed by atoms with Gasteiger partial charge in [-0.15, -0.1) is 11.8 Å². The number of hydrogen-bond acceptors (Lipinski definition) is 7. The molecule has 0 amide bonds. The molecule has 0 saturated carbocycles. The number of anilines is 1. The van der Waals surface area contributed by atoms with Crippen LogP contribution in [0.25, 0.3) is 0 Å². The molecule has 0 aliphatic heterocycles. The lowest BCUT2D eigenvalue weighted by molar-refractivity contribution is 0.0978. The molecule has 0 saturated heterocycles. The highest BCUT2D eigenvalue weighted by molar-refractivity contribution is 8.03. The molecule has 1 heterocycles. The van der Waals surface area contributed by atoms with Crippen LogP contribution in [0.2, 0.25) is 0 Å². The Labute approximate surface area is 137 Å². The Kier molecular flexibility index (Phi) is 4.12. The summed E-state index contributed by atoms with van der Waals surface area (Å²) < 4.78 is 5.10. The molecule has 0 atom stereocenters. The van der Waals surface area contributed by atoms with Crippen LogP contribution >= 0.6 is 11.8 Å². The maximum atomic E-state index is 12.7. The highest BCUT2D eigenvalue weighted by Crippen LogP contribution is 2.31. The lowest BCUT2D eigenvalue weighted by atomic mass is 9.98. The number of nitrogens with zero attached hydrogens (tertiary/aromatic N) is 2. The molecule has 1 aromatic heterocycles. The molecule has 0 bridgehead atoms. The number of Topliss-reactive ketones (excluding diaryl/α,β-unsaturated/α-hetero) is 2. The zero-order valence-electron chi connectivity index (χ0n) is 12.5. The molecule has 7 heteroatoms. The molecule has 0 fully saturated rings. The first kappa shape index (κ1) is 15.2. The summed E-state index contributed by atoms with van der Waals surface area (Å²) in [5.41, 5.74) is 1.30. The molecule has 1 aliphatic carbocycles. The van der Waals surface area contributed by atoms with E-state index in [2.05, 4.69) is 15.3 Å². The van der Waals surface area contributed by atoms with Gasteiger partial charge >= 0.3 is 0 Å². The number of carbonyl (C=O) groups excluding carboxylic acids is 2. The molecule has 1 aliphatic rings. The first-order valence-electron chi connectivity index (χ1n) is 6.74. The van der Waals surface area contributed by atoms with E-state index in [0.717, 1.165) is 0 Å². The number of carbonyl (C=O) groups is 2. The van der Waals surface area contributed by atoms with Crippen LogP contribution in [0.1, 0.15) is 20.8 Å². The van der Waals surface area contributed by atoms with Gasteiger partial charge in [0.2, 0.25) is 11.6 Å². The van der Waals surface area contributed by atoms with Crippen molar-refractivity contribution in [1.29, 1.82) is 0 Å². The maximum Gasteiger partial charge on any atom is 0.220 e. The summed E-state index contributed by atoms with van der Waals surface area (Å²) in [5.74, 6) is 0.144. The number of methoxy groups -OCH3 is 1. The molecule has 116 valence electrons. The molecule has 1 N–H and O–H groups in total. The van der Waals surface area contributed by atoms with Crippen LogP contribution in [0.4, 0.5) is 5.69 Å². The first-order valence-corrected chi connectivity index (χ1v) is 7.97. The lowest BCUT2D eigenvalue weighted by Crippen LogP contribution is -2.26. The number of fused-ring (bicyclic) bond motifs is 1. The smallest absolute Gasteiger partial charge is 0.220 e. The van der Waals surface area contributed by atoms with Gasteiger partial charge in [0.05, 0.1) is 17.6 Å². The van der Waals surface area contributed by atoms with Gasteiger partial charge in [-0.2, -0.15) is 0 Å². The van der Waals surface area contributed by atoms with Crippen LogP contribution in [0.15, 0.2) is 47.4 Å². The van der Waals surface area contributed by atoms with Gasteiger partial charge in [-0.05, 0) is 30.5 Å². The van der Waals surface area contributed by atoms with Crippen LogP contribution in [0.3, 0.4) is 0 Å². The van der Waals surface area contributed by atoms with Gasteiger partial charge in [0, 0.05) is 11.9 Å². The quantitative estimate of drug-likeness (QED) is 0.924. The number of ketones is 2. The van der Waals surface area contributed by atoms with Gasteiger partial charge in [0.15, 0.2) is 0 Å². The van der Waals surface area contributed by atoms with E-state index < -0.39 is 0 Å². The fraction of sp³-hybridized carbons (Fsp3) is 0.125. The molecule has 6 nitrogen and oxygen atoms in total. The highest BCUT2D eigenvalue weighted by atomic mass is 32.2. The highest BCUT2D eigenvalue weighted by Gasteiger charge is 2.33. The van der Waals surface area contributed by atoms with E-state index >= 15 is 0 Å². The van der Waals surface area contributed by atoms with E-state index in [0.29, 0.717) is 16.3 Å². The number of benzene rings is 1. The first-order chi connectivity index (χ1) is 11.2. The van der Waals surface area contributed by atoms with Crippen molar-refractivity contribution in [3.8, 4) is 5.75 Å². The molecule has 3 rings (SSSR count). The Balaban J connectivity index is 2.01. The van der Waals surface area contributed by atoms with E-state index in [1.54, 1.807) is 37.6 Å². The van der Waals surface area contributed by atoms with Crippen molar-refractivity contribution < 1.29 is 14.3 Å². The average Bonchev–Trinajstić information content (AvgIpc) is 2.60. The predicted octanol–water partition coefficient (Wildman–Crippen LogP) is 2.55. The third-order valence-corrected chi connectivity index (χ3v) is 4.19. The summed E-state index contributed by atoms with van der Waals surface area (Å²) >= 11 is 1.22. The largest absolute Gasteiger partial charge is 0.497 e. The maximum absolute atomic E-state index is 12.7. The Morgan fingerprint density at radius 1 is 1.13 bits per heavy atom. The summed E-state index contributed by atoms with van der Waals surface area (Å²) in [4.78, 5) is 33.3. The Morgan fingerprint density at radius 3 is 2.52 bits per heavy atom. The monoisotopic (exact) mass is 327 g/mol. The zero-order chi connectivity index (χ0) is 16.4. The Bertz CT molecular complexity index is 816. The topological polar surface area (TPSA) is 81.2 Å². The van der Waals surface area contributed by atoms with Gasteiger partial charge in [0.1, 0.15) is 23.5 Å². The van der Waals surface area contributed by atoms with Gasteiger partial charge < -0.3 is 10.1 Å². The van der Waals surface area contributed by atoms with E-state index in [1.807, 2.05) is 0 Å². The van der Waals surface area contributed by atoms with Crippen LogP contribution < -0.4 is 10.1 Å². The van der Waals surface area contributed by atoms with E-state index in [-0.39, 0.29) is 28.5 Å². The second kappa shape index (κ2) is 6.21. The minimum atomic E-state index is -0.291. The molecular formula is C16H13N3O3S. The fourth-order valence-corrected chi connectivity index (χ4v) is 2.89. The van der Waals surface area contributed by atoms with Crippen LogP contribution in [0, 0.1) is 0 Å². The molecule has 0 radical (unpaired) electrons. The standard InChI is InChI=1S/C16H13N3O3S/c1-22-10-5-3-9(4-6-10)19-13-14(20)11-7-17-8-18-12(11)15(21)16(13)23-2/h3-8,19H,1-2H3.